The molecular formula is C16H12Cl2FNO3. The Balaban J connectivity index is 2.03. The van der Waals surface area contributed by atoms with Crippen molar-refractivity contribution in [3.8, 4) is 5.75 Å². The first-order valence-corrected chi connectivity index (χ1v) is 7.30. The van der Waals surface area contributed by atoms with Gasteiger partial charge in [-0.25, -0.2) is 4.39 Å². The molecular weight excluding hydrogens is 344 g/mol. The average molecular weight is 356 g/mol. The Hall–Kier alpha value is -2.11. The number of amides is 1. The highest BCUT2D eigenvalue weighted by atomic mass is 35.5. The molecule has 1 N–H and O–H groups in total. The molecule has 0 radical (unpaired) electrons. The summed E-state index contributed by atoms with van der Waals surface area (Å²) >= 11 is 11.5. The predicted octanol–water partition coefficient (Wildman–Crippen LogP) is 4.35. The number of benzene rings is 2. The fraction of sp³-hybridized carbons (Fsp3) is 0.125. The quantitative estimate of drug-likeness (QED) is 0.811. The molecule has 120 valence electrons. The van der Waals surface area contributed by atoms with E-state index in [0.29, 0.717) is 5.02 Å². The maximum absolute atomic E-state index is 13.6. The van der Waals surface area contributed by atoms with Crippen molar-refractivity contribution < 1.29 is 18.7 Å². The third-order valence-corrected chi connectivity index (χ3v) is 3.36. The number of Topliss-reactive ketones (excluding diaryl/α,β-unsaturated/α-hetero) is 1. The third-order valence-electron chi connectivity index (χ3n) is 2.88. The zero-order valence-electron chi connectivity index (χ0n) is 12.0. The standard InChI is InChI=1S/C16H12Cl2FNO3/c1-9(21)12-6-10(17)3-5-15(12)23-8-16(22)20-14-4-2-11(18)7-13(14)19/h2-7H,8H2,1H3,(H,20,22). The van der Waals surface area contributed by atoms with E-state index in [4.69, 9.17) is 27.9 Å². The van der Waals surface area contributed by atoms with Gasteiger partial charge in [-0.2, -0.15) is 0 Å². The van der Waals surface area contributed by atoms with Gasteiger partial charge in [-0.15, -0.1) is 0 Å². The normalized spacial score (nSPS) is 10.3. The zero-order valence-corrected chi connectivity index (χ0v) is 13.5. The topological polar surface area (TPSA) is 55.4 Å². The highest BCUT2D eigenvalue weighted by molar-refractivity contribution is 6.31. The lowest BCUT2D eigenvalue weighted by Gasteiger charge is -2.11. The van der Waals surface area contributed by atoms with Crippen LogP contribution in [0, 0.1) is 5.82 Å². The molecule has 0 aliphatic carbocycles. The van der Waals surface area contributed by atoms with Gasteiger partial charge in [0.05, 0.1) is 11.3 Å². The average Bonchev–Trinajstić information content (AvgIpc) is 2.48. The van der Waals surface area contributed by atoms with Crippen LogP contribution in [0.5, 0.6) is 5.75 Å². The van der Waals surface area contributed by atoms with E-state index in [1.807, 2.05) is 0 Å². The van der Waals surface area contributed by atoms with Crippen molar-refractivity contribution in [1.82, 2.24) is 0 Å². The zero-order chi connectivity index (χ0) is 17.0. The van der Waals surface area contributed by atoms with Crippen LogP contribution in [0.3, 0.4) is 0 Å². The van der Waals surface area contributed by atoms with E-state index in [2.05, 4.69) is 5.32 Å². The lowest BCUT2D eigenvalue weighted by atomic mass is 10.1. The first kappa shape index (κ1) is 17.2. The summed E-state index contributed by atoms with van der Waals surface area (Å²) in [5.41, 5.74) is 0.258. The van der Waals surface area contributed by atoms with Crippen molar-refractivity contribution in [2.75, 3.05) is 11.9 Å². The van der Waals surface area contributed by atoms with Crippen LogP contribution in [0.15, 0.2) is 36.4 Å². The molecule has 0 bridgehead atoms. The highest BCUT2D eigenvalue weighted by Gasteiger charge is 2.12. The molecule has 2 aromatic carbocycles. The Morgan fingerprint density at radius 1 is 1.13 bits per heavy atom. The molecule has 0 unspecified atom stereocenters. The van der Waals surface area contributed by atoms with Crippen LogP contribution in [0.25, 0.3) is 0 Å². The summed E-state index contributed by atoms with van der Waals surface area (Å²) in [5.74, 6) is -1.24. The molecule has 4 nitrogen and oxygen atoms in total. The summed E-state index contributed by atoms with van der Waals surface area (Å²) < 4.78 is 18.9. The van der Waals surface area contributed by atoms with Gasteiger partial charge in [-0.05, 0) is 43.3 Å². The molecule has 2 aromatic rings. The van der Waals surface area contributed by atoms with Gasteiger partial charge >= 0.3 is 0 Å². The molecule has 0 aliphatic heterocycles. The van der Waals surface area contributed by atoms with Crippen LogP contribution >= 0.6 is 23.2 Å². The molecule has 0 atom stereocenters. The Morgan fingerprint density at radius 3 is 2.43 bits per heavy atom. The van der Waals surface area contributed by atoms with Crippen LogP contribution in [0.2, 0.25) is 10.0 Å². The molecule has 0 fully saturated rings. The van der Waals surface area contributed by atoms with Crippen LogP contribution in [0.4, 0.5) is 10.1 Å². The second kappa shape index (κ2) is 7.44. The summed E-state index contributed by atoms with van der Waals surface area (Å²) in [6, 6.07) is 8.38. The van der Waals surface area contributed by atoms with Crippen LogP contribution in [-0.2, 0) is 4.79 Å². The summed E-state index contributed by atoms with van der Waals surface area (Å²) in [7, 11) is 0. The number of rotatable bonds is 5. The van der Waals surface area contributed by atoms with Gasteiger partial charge in [0.15, 0.2) is 12.4 Å². The van der Waals surface area contributed by atoms with Crippen molar-refractivity contribution in [3.63, 3.8) is 0 Å². The van der Waals surface area contributed by atoms with Gasteiger partial charge in [-0.1, -0.05) is 23.2 Å². The molecule has 0 aromatic heterocycles. The largest absolute Gasteiger partial charge is 0.483 e. The van der Waals surface area contributed by atoms with E-state index in [0.717, 1.165) is 6.07 Å². The number of ketones is 1. The van der Waals surface area contributed by atoms with E-state index < -0.39 is 11.7 Å². The lowest BCUT2D eigenvalue weighted by molar-refractivity contribution is -0.118. The molecule has 0 aliphatic rings. The van der Waals surface area contributed by atoms with Gasteiger partial charge in [0.1, 0.15) is 11.6 Å². The van der Waals surface area contributed by atoms with Gasteiger partial charge in [0, 0.05) is 10.0 Å². The molecule has 2 rings (SSSR count). The molecule has 1 amide bonds. The molecule has 0 saturated carbocycles. The van der Waals surface area contributed by atoms with E-state index in [1.165, 1.54) is 31.2 Å². The second-order valence-electron chi connectivity index (χ2n) is 4.66. The van der Waals surface area contributed by atoms with Crippen LogP contribution in [0.1, 0.15) is 17.3 Å². The second-order valence-corrected chi connectivity index (χ2v) is 5.53. The van der Waals surface area contributed by atoms with Crippen molar-refractivity contribution in [2.24, 2.45) is 0 Å². The minimum Gasteiger partial charge on any atom is -0.483 e. The van der Waals surface area contributed by atoms with E-state index in [1.54, 1.807) is 6.07 Å². The molecule has 0 heterocycles. The minimum absolute atomic E-state index is 0.00843. The smallest absolute Gasteiger partial charge is 0.262 e. The molecule has 7 heteroatoms. The SMILES string of the molecule is CC(=O)c1cc(Cl)ccc1OCC(=O)Nc1ccc(Cl)cc1F. The lowest BCUT2D eigenvalue weighted by Crippen LogP contribution is -2.21. The van der Waals surface area contributed by atoms with E-state index >= 15 is 0 Å². The fourth-order valence-corrected chi connectivity index (χ4v) is 2.15. The number of ether oxygens (including phenoxy) is 1. The minimum atomic E-state index is -0.651. The van der Waals surface area contributed by atoms with Gasteiger partial charge in [0.2, 0.25) is 0 Å². The molecule has 23 heavy (non-hydrogen) atoms. The first-order valence-electron chi connectivity index (χ1n) is 6.55. The van der Waals surface area contributed by atoms with Gasteiger partial charge in [-0.3, -0.25) is 9.59 Å². The Bertz CT molecular complexity index is 765. The third kappa shape index (κ3) is 4.68. The van der Waals surface area contributed by atoms with Crippen LogP contribution < -0.4 is 10.1 Å². The number of anilines is 1. The van der Waals surface area contributed by atoms with E-state index in [9.17, 15) is 14.0 Å². The Morgan fingerprint density at radius 2 is 1.78 bits per heavy atom. The highest BCUT2D eigenvalue weighted by Crippen LogP contribution is 2.23. The number of hydrogen-bond acceptors (Lipinski definition) is 3. The number of hydrogen-bond donors (Lipinski definition) is 1. The summed E-state index contributed by atoms with van der Waals surface area (Å²) in [4.78, 5) is 23.4. The maximum atomic E-state index is 13.6. The van der Waals surface area contributed by atoms with Crippen molar-refractivity contribution in [2.45, 2.75) is 6.92 Å². The number of carbonyl (C=O) groups is 2. The van der Waals surface area contributed by atoms with Crippen LogP contribution in [-0.4, -0.2) is 18.3 Å². The van der Waals surface area contributed by atoms with Crippen molar-refractivity contribution >= 4 is 40.6 Å². The summed E-state index contributed by atoms with van der Waals surface area (Å²) in [5, 5.41) is 2.97. The number of nitrogens with one attached hydrogen (secondary N) is 1. The Labute approximate surface area is 142 Å². The number of halogens is 3. The maximum Gasteiger partial charge on any atom is 0.262 e. The summed E-state index contributed by atoms with van der Waals surface area (Å²) in [6.45, 7) is 0.978. The van der Waals surface area contributed by atoms with Crippen molar-refractivity contribution in [3.05, 3.63) is 57.8 Å². The number of carbonyl (C=O) groups excluding carboxylic acids is 2. The van der Waals surface area contributed by atoms with Gasteiger partial charge in [0.25, 0.3) is 5.91 Å². The summed E-state index contributed by atoms with van der Waals surface area (Å²) in [6.07, 6.45) is 0. The predicted molar refractivity (Wildman–Crippen MR) is 87.0 cm³/mol. The molecule has 0 saturated heterocycles. The van der Waals surface area contributed by atoms with Gasteiger partial charge < -0.3 is 10.1 Å². The van der Waals surface area contributed by atoms with Crippen molar-refractivity contribution in [1.29, 1.82) is 0 Å². The first-order chi connectivity index (χ1) is 10.9. The monoisotopic (exact) mass is 355 g/mol. The fourth-order valence-electron chi connectivity index (χ4n) is 1.82. The Kier molecular flexibility index (Phi) is 5.58. The van der Waals surface area contributed by atoms with E-state index in [-0.39, 0.29) is 34.4 Å². The molecule has 0 spiro atoms.